The third-order valence-electron chi connectivity index (χ3n) is 4.45. The number of aliphatic hydroxyl groups is 1. The zero-order valence-corrected chi connectivity index (χ0v) is 17.8. The number of halogens is 3. The van der Waals surface area contributed by atoms with Gasteiger partial charge >= 0.3 is 6.09 Å². The predicted molar refractivity (Wildman–Crippen MR) is 108 cm³/mol. The topological polar surface area (TPSA) is 59.0 Å². The number of likely N-dealkylation sites (tertiary alicyclic amines) is 1. The molecule has 28 heavy (non-hydrogen) atoms. The van der Waals surface area contributed by atoms with Crippen molar-refractivity contribution in [3.63, 3.8) is 0 Å². The fourth-order valence-corrected chi connectivity index (χ4v) is 3.42. The molecule has 1 amide bonds. The monoisotopic (exact) mass is 433 g/mol. The summed E-state index contributed by atoms with van der Waals surface area (Å²) in [6.45, 7) is 9.90. The number of amides is 1. The number of nitrogens with zero attached hydrogens (tertiary/aromatic N) is 1. The number of hydrogen-bond acceptors (Lipinski definition) is 4. The van der Waals surface area contributed by atoms with Crippen LogP contribution in [-0.2, 0) is 4.74 Å². The first-order chi connectivity index (χ1) is 13.0. The fourth-order valence-electron chi connectivity index (χ4n) is 3.08. The molecule has 0 aliphatic carbocycles. The average Bonchev–Trinajstić information content (AvgIpc) is 2.63. The highest BCUT2D eigenvalue weighted by molar-refractivity contribution is 6.42. The predicted octanol–water partition coefficient (Wildman–Crippen LogP) is 5.38. The van der Waals surface area contributed by atoms with Crippen molar-refractivity contribution in [3.8, 4) is 5.75 Å². The van der Waals surface area contributed by atoms with Gasteiger partial charge in [-0.3, -0.25) is 0 Å². The zero-order valence-electron chi connectivity index (χ0n) is 16.3. The molecule has 0 radical (unpaired) electrons. The highest BCUT2D eigenvalue weighted by Gasteiger charge is 2.33. The molecule has 0 bridgehead atoms. The summed E-state index contributed by atoms with van der Waals surface area (Å²) < 4.78 is 25.3. The van der Waals surface area contributed by atoms with Crippen molar-refractivity contribution >= 4 is 29.3 Å². The Hall–Kier alpha value is -1.50. The molecular formula is C20H26Cl2FNO4. The Bertz CT molecular complexity index is 728. The molecule has 0 spiro atoms. The number of carbonyl (C=O) groups excluding carboxylic acids is 1. The van der Waals surface area contributed by atoms with E-state index in [2.05, 4.69) is 6.58 Å². The van der Waals surface area contributed by atoms with E-state index < -0.39 is 17.5 Å². The molecule has 1 heterocycles. The van der Waals surface area contributed by atoms with Crippen LogP contribution in [0.4, 0.5) is 9.18 Å². The first kappa shape index (κ1) is 22.8. The van der Waals surface area contributed by atoms with Gasteiger partial charge in [0.25, 0.3) is 0 Å². The van der Waals surface area contributed by atoms with Gasteiger partial charge in [0.1, 0.15) is 12.2 Å². The maximum Gasteiger partial charge on any atom is 0.410 e. The van der Waals surface area contributed by atoms with Crippen LogP contribution in [0.3, 0.4) is 0 Å². The van der Waals surface area contributed by atoms with Gasteiger partial charge in [-0.25, -0.2) is 9.18 Å². The summed E-state index contributed by atoms with van der Waals surface area (Å²) >= 11 is 11.9. The Morgan fingerprint density at radius 2 is 2.04 bits per heavy atom. The number of ether oxygens (including phenoxy) is 2. The molecule has 1 unspecified atom stereocenters. The summed E-state index contributed by atoms with van der Waals surface area (Å²) in [5.74, 6) is -1.13. The first-order valence-electron chi connectivity index (χ1n) is 9.12. The SMILES string of the molecule is C=CCOc1c(C(O)C2CCN(C(=O)OC(C)(C)C)CC2)cc(Cl)c(Cl)c1F. The summed E-state index contributed by atoms with van der Waals surface area (Å²) in [5.41, 5.74) is -0.327. The third kappa shape index (κ3) is 5.52. The molecule has 1 aromatic carbocycles. The first-order valence-corrected chi connectivity index (χ1v) is 9.87. The van der Waals surface area contributed by atoms with Crippen LogP contribution in [0, 0.1) is 11.7 Å². The van der Waals surface area contributed by atoms with Crippen molar-refractivity contribution in [2.75, 3.05) is 19.7 Å². The quantitative estimate of drug-likeness (QED) is 0.500. The average molecular weight is 434 g/mol. The van der Waals surface area contributed by atoms with Gasteiger partial charge in [0.15, 0.2) is 11.6 Å². The maximum absolute atomic E-state index is 14.5. The molecule has 1 saturated heterocycles. The number of carbonyl (C=O) groups is 1. The van der Waals surface area contributed by atoms with Gasteiger partial charge in [-0.05, 0) is 45.6 Å². The van der Waals surface area contributed by atoms with Gasteiger partial charge in [0.05, 0.1) is 16.1 Å². The molecule has 8 heteroatoms. The Morgan fingerprint density at radius 3 is 2.57 bits per heavy atom. The maximum atomic E-state index is 14.5. The normalized spacial score (nSPS) is 16.6. The van der Waals surface area contributed by atoms with Gasteiger partial charge in [0.2, 0.25) is 0 Å². The van der Waals surface area contributed by atoms with E-state index in [9.17, 15) is 14.3 Å². The van der Waals surface area contributed by atoms with Crippen LogP contribution in [0.1, 0.15) is 45.3 Å². The Labute approximate surface area is 175 Å². The zero-order chi connectivity index (χ0) is 21.1. The lowest BCUT2D eigenvalue weighted by molar-refractivity contribution is 0.00729. The summed E-state index contributed by atoms with van der Waals surface area (Å²) in [6.07, 6.45) is 1.14. The van der Waals surface area contributed by atoms with E-state index in [1.807, 2.05) is 20.8 Å². The Balaban J connectivity index is 2.14. The lowest BCUT2D eigenvalue weighted by Crippen LogP contribution is -2.42. The van der Waals surface area contributed by atoms with Gasteiger partial charge in [-0.15, -0.1) is 0 Å². The standard InChI is InChI=1S/C20H26Cl2FNO4/c1-5-10-27-18-13(11-14(21)15(22)16(18)23)17(25)12-6-8-24(9-7-12)19(26)28-20(2,3)4/h5,11-12,17,25H,1,6-10H2,2-4H3. The van der Waals surface area contributed by atoms with Crippen LogP contribution in [0.15, 0.2) is 18.7 Å². The number of aliphatic hydroxyl groups excluding tert-OH is 1. The minimum Gasteiger partial charge on any atom is -0.486 e. The van der Waals surface area contributed by atoms with E-state index in [1.54, 1.807) is 4.90 Å². The number of rotatable bonds is 5. The lowest BCUT2D eigenvalue weighted by Gasteiger charge is -2.35. The van der Waals surface area contributed by atoms with Crippen LogP contribution >= 0.6 is 23.2 Å². The molecule has 0 saturated carbocycles. The van der Waals surface area contributed by atoms with Crippen molar-refractivity contribution in [1.29, 1.82) is 0 Å². The van der Waals surface area contributed by atoms with Crippen LogP contribution < -0.4 is 4.74 Å². The molecule has 1 atom stereocenters. The van der Waals surface area contributed by atoms with E-state index in [4.69, 9.17) is 32.7 Å². The van der Waals surface area contributed by atoms with E-state index in [0.29, 0.717) is 25.9 Å². The summed E-state index contributed by atoms with van der Waals surface area (Å²) in [4.78, 5) is 13.8. The van der Waals surface area contributed by atoms with Crippen molar-refractivity contribution in [2.24, 2.45) is 5.92 Å². The molecule has 1 aliphatic heterocycles. The summed E-state index contributed by atoms with van der Waals surface area (Å²) in [7, 11) is 0. The fraction of sp³-hybridized carbons (Fsp3) is 0.550. The second-order valence-electron chi connectivity index (χ2n) is 7.75. The van der Waals surface area contributed by atoms with Crippen molar-refractivity contribution in [2.45, 2.75) is 45.3 Å². The van der Waals surface area contributed by atoms with E-state index in [0.717, 1.165) is 0 Å². The van der Waals surface area contributed by atoms with Gasteiger partial charge in [0, 0.05) is 18.7 Å². The van der Waals surface area contributed by atoms with Crippen molar-refractivity contribution in [3.05, 3.63) is 40.1 Å². The molecule has 1 fully saturated rings. The Morgan fingerprint density at radius 1 is 1.43 bits per heavy atom. The smallest absolute Gasteiger partial charge is 0.410 e. The highest BCUT2D eigenvalue weighted by atomic mass is 35.5. The Kier molecular flexibility index (Phi) is 7.59. The summed E-state index contributed by atoms with van der Waals surface area (Å²) in [5, 5.41) is 10.6. The van der Waals surface area contributed by atoms with Gasteiger partial charge in [-0.2, -0.15) is 0 Å². The molecule has 2 rings (SSSR count). The second kappa shape index (κ2) is 9.33. The van der Waals surface area contributed by atoms with Crippen LogP contribution in [-0.4, -0.2) is 41.4 Å². The van der Waals surface area contributed by atoms with E-state index >= 15 is 0 Å². The third-order valence-corrected chi connectivity index (χ3v) is 5.21. The number of benzene rings is 1. The van der Waals surface area contributed by atoms with E-state index in [-0.39, 0.29) is 40.0 Å². The second-order valence-corrected chi connectivity index (χ2v) is 8.54. The van der Waals surface area contributed by atoms with Gasteiger partial charge in [-0.1, -0.05) is 35.9 Å². The molecular weight excluding hydrogens is 408 g/mol. The number of piperidine rings is 1. The largest absolute Gasteiger partial charge is 0.486 e. The summed E-state index contributed by atoms with van der Waals surface area (Å²) in [6, 6.07) is 1.43. The van der Waals surface area contributed by atoms with Crippen LogP contribution in [0.2, 0.25) is 10.0 Å². The van der Waals surface area contributed by atoms with Gasteiger partial charge < -0.3 is 19.5 Å². The molecule has 5 nitrogen and oxygen atoms in total. The van der Waals surface area contributed by atoms with Crippen LogP contribution in [0.5, 0.6) is 5.75 Å². The molecule has 1 N–H and O–H groups in total. The van der Waals surface area contributed by atoms with E-state index in [1.165, 1.54) is 12.1 Å². The highest BCUT2D eigenvalue weighted by Crippen LogP contribution is 2.42. The molecule has 156 valence electrons. The molecule has 0 aromatic heterocycles. The molecule has 1 aliphatic rings. The minimum atomic E-state index is -1.01. The van der Waals surface area contributed by atoms with Crippen molar-refractivity contribution in [1.82, 2.24) is 4.90 Å². The molecule has 1 aromatic rings. The minimum absolute atomic E-state index is 0.00496. The van der Waals surface area contributed by atoms with Crippen LogP contribution in [0.25, 0.3) is 0 Å². The van der Waals surface area contributed by atoms with Crippen molar-refractivity contribution < 1.29 is 23.8 Å². The lowest BCUT2D eigenvalue weighted by atomic mass is 9.87. The number of hydrogen-bond donors (Lipinski definition) is 1.